The maximum atomic E-state index is 12.0. The lowest BCUT2D eigenvalue weighted by molar-refractivity contribution is -0.383. The monoisotopic (exact) mass is 331 g/mol. The number of hydrogen-bond acceptors (Lipinski definition) is 8. The number of anilines is 2. The molecule has 0 unspecified atom stereocenters. The van der Waals surface area contributed by atoms with Crippen molar-refractivity contribution in [3.05, 3.63) is 46.5 Å². The number of nitrogens with zero attached hydrogens (tertiary/aromatic N) is 4. The number of rotatable bonds is 8. The summed E-state index contributed by atoms with van der Waals surface area (Å²) in [6, 6.07) is 3.17. The Balaban J connectivity index is 2.13. The van der Waals surface area contributed by atoms with E-state index in [4.69, 9.17) is 0 Å². The number of pyridine rings is 1. The van der Waals surface area contributed by atoms with Gasteiger partial charge in [-0.1, -0.05) is 13.3 Å². The van der Waals surface area contributed by atoms with Gasteiger partial charge in [-0.15, -0.1) is 0 Å². The van der Waals surface area contributed by atoms with E-state index in [9.17, 15) is 14.9 Å². The molecule has 0 spiro atoms. The molecule has 0 radical (unpaired) electrons. The van der Waals surface area contributed by atoms with Crippen molar-refractivity contribution >= 4 is 23.2 Å². The number of nitrogens with one attached hydrogen (secondary N) is 3. The fraction of sp³-hybridized carbons (Fsp3) is 0.286. The molecule has 0 bridgehead atoms. The third-order valence-electron chi connectivity index (χ3n) is 3.05. The minimum Gasteiger partial charge on any atom is -0.364 e. The van der Waals surface area contributed by atoms with Gasteiger partial charge in [-0.2, -0.15) is 0 Å². The van der Waals surface area contributed by atoms with Crippen LogP contribution >= 0.6 is 0 Å². The highest BCUT2D eigenvalue weighted by Gasteiger charge is 2.23. The molecule has 0 saturated carbocycles. The molecule has 126 valence electrons. The summed E-state index contributed by atoms with van der Waals surface area (Å²) in [4.78, 5) is 34.2. The van der Waals surface area contributed by atoms with E-state index in [0.717, 1.165) is 12.8 Å². The van der Waals surface area contributed by atoms with Crippen LogP contribution in [0.1, 0.15) is 30.1 Å². The van der Waals surface area contributed by atoms with Crippen molar-refractivity contribution in [2.45, 2.75) is 19.8 Å². The topological polar surface area (TPSA) is 135 Å². The number of amides is 1. The summed E-state index contributed by atoms with van der Waals surface area (Å²) in [7, 11) is 0. The van der Waals surface area contributed by atoms with Gasteiger partial charge < -0.3 is 5.32 Å². The number of aromatic nitrogens is 3. The zero-order valence-electron chi connectivity index (χ0n) is 13.0. The van der Waals surface area contributed by atoms with E-state index in [0.29, 0.717) is 12.1 Å². The normalized spacial score (nSPS) is 10.0. The van der Waals surface area contributed by atoms with Gasteiger partial charge in [0.1, 0.15) is 6.33 Å². The molecule has 10 heteroatoms. The van der Waals surface area contributed by atoms with Gasteiger partial charge in [0.05, 0.1) is 10.5 Å². The van der Waals surface area contributed by atoms with E-state index < -0.39 is 10.8 Å². The molecule has 0 aromatic carbocycles. The Morgan fingerprint density at radius 2 is 2.12 bits per heavy atom. The molecular formula is C14H17N7O3. The molecule has 3 N–H and O–H groups in total. The van der Waals surface area contributed by atoms with E-state index >= 15 is 0 Å². The number of nitro groups is 1. The fourth-order valence-corrected chi connectivity index (χ4v) is 1.84. The molecule has 1 amide bonds. The van der Waals surface area contributed by atoms with E-state index in [2.05, 4.69) is 31.1 Å². The Bertz CT molecular complexity index is 709. The van der Waals surface area contributed by atoms with E-state index in [1.165, 1.54) is 18.7 Å². The van der Waals surface area contributed by atoms with Crippen molar-refractivity contribution in [1.82, 2.24) is 20.4 Å². The van der Waals surface area contributed by atoms with Gasteiger partial charge in [0, 0.05) is 18.9 Å². The van der Waals surface area contributed by atoms with Crippen molar-refractivity contribution in [2.75, 3.05) is 17.3 Å². The first-order chi connectivity index (χ1) is 11.6. The SMILES string of the molecule is CCCCNc1ncnc(NNC(=O)c2cccnc2)c1[N+](=O)[O-]. The second kappa shape index (κ2) is 8.36. The van der Waals surface area contributed by atoms with E-state index in [-0.39, 0.29) is 17.3 Å². The summed E-state index contributed by atoms with van der Waals surface area (Å²) in [6.45, 7) is 2.56. The zero-order chi connectivity index (χ0) is 17.4. The molecule has 2 rings (SSSR count). The predicted molar refractivity (Wildman–Crippen MR) is 87.4 cm³/mol. The summed E-state index contributed by atoms with van der Waals surface area (Å²) in [5, 5.41) is 14.2. The molecular weight excluding hydrogens is 314 g/mol. The van der Waals surface area contributed by atoms with Gasteiger partial charge in [-0.3, -0.25) is 30.7 Å². The van der Waals surface area contributed by atoms with Crippen LogP contribution in [0.3, 0.4) is 0 Å². The first kappa shape index (κ1) is 17.1. The largest absolute Gasteiger partial charge is 0.364 e. The third-order valence-corrected chi connectivity index (χ3v) is 3.05. The van der Waals surface area contributed by atoms with Crippen molar-refractivity contribution < 1.29 is 9.72 Å². The molecule has 10 nitrogen and oxygen atoms in total. The van der Waals surface area contributed by atoms with Crippen LogP contribution in [0.4, 0.5) is 17.3 Å². The number of hydrazine groups is 1. The summed E-state index contributed by atoms with van der Waals surface area (Å²) in [6.07, 6.45) is 5.89. The molecule has 24 heavy (non-hydrogen) atoms. The van der Waals surface area contributed by atoms with E-state index in [1.807, 2.05) is 6.92 Å². The Morgan fingerprint density at radius 3 is 2.79 bits per heavy atom. The number of hydrogen-bond donors (Lipinski definition) is 3. The lowest BCUT2D eigenvalue weighted by Crippen LogP contribution is -2.30. The minimum absolute atomic E-state index is 0.0987. The van der Waals surface area contributed by atoms with Crippen molar-refractivity contribution in [1.29, 1.82) is 0 Å². The third kappa shape index (κ3) is 4.35. The second-order valence-electron chi connectivity index (χ2n) is 4.78. The second-order valence-corrected chi connectivity index (χ2v) is 4.78. The van der Waals surface area contributed by atoms with Crippen molar-refractivity contribution in [3.8, 4) is 0 Å². The molecule has 0 saturated heterocycles. The number of carbonyl (C=O) groups is 1. The van der Waals surface area contributed by atoms with Crippen LogP contribution in [-0.2, 0) is 0 Å². The van der Waals surface area contributed by atoms with Crippen LogP contribution in [0.2, 0.25) is 0 Å². The summed E-state index contributed by atoms with van der Waals surface area (Å²) in [5.74, 6) is -0.496. The molecule has 0 aliphatic heterocycles. The molecule has 0 fully saturated rings. The Kier molecular flexibility index (Phi) is 5.95. The highest BCUT2D eigenvalue weighted by molar-refractivity contribution is 5.94. The molecule has 0 atom stereocenters. The molecule has 0 aliphatic rings. The molecule has 2 aromatic heterocycles. The number of carbonyl (C=O) groups excluding carboxylic acids is 1. The van der Waals surface area contributed by atoms with Gasteiger partial charge in [0.2, 0.25) is 11.6 Å². The van der Waals surface area contributed by atoms with Gasteiger partial charge in [-0.25, -0.2) is 9.97 Å². The maximum Gasteiger partial charge on any atom is 0.354 e. The highest BCUT2D eigenvalue weighted by Crippen LogP contribution is 2.28. The van der Waals surface area contributed by atoms with Gasteiger partial charge in [0.15, 0.2) is 0 Å². The van der Waals surface area contributed by atoms with Gasteiger partial charge in [-0.05, 0) is 18.6 Å². The summed E-state index contributed by atoms with van der Waals surface area (Å²) < 4.78 is 0. The van der Waals surface area contributed by atoms with E-state index in [1.54, 1.807) is 12.1 Å². The standard InChI is InChI=1S/C14H17N7O3/c1-2-3-7-16-12-11(21(23)24)13(18-9-17-12)19-20-14(22)10-5-4-6-15-8-10/h4-6,8-9H,2-3,7H2,1H3,(H,20,22)(H2,16,17,18,19). The Hall–Kier alpha value is -3.30. The first-order valence-electron chi connectivity index (χ1n) is 7.33. The predicted octanol–water partition coefficient (Wildman–Crippen LogP) is 1.75. The smallest absolute Gasteiger partial charge is 0.354 e. The van der Waals surface area contributed by atoms with Gasteiger partial charge in [0.25, 0.3) is 5.91 Å². The lowest BCUT2D eigenvalue weighted by Gasteiger charge is -2.10. The Labute approximate surface area is 137 Å². The van der Waals surface area contributed by atoms with Crippen molar-refractivity contribution in [2.24, 2.45) is 0 Å². The van der Waals surface area contributed by atoms with Crippen LogP contribution in [-0.4, -0.2) is 32.3 Å². The fourth-order valence-electron chi connectivity index (χ4n) is 1.84. The van der Waals surface area contributed by atoms with Crippen LogP contribution < -0.4 is 16.2 Å². The average Bonchev–Trinajstić information content (AvgIpc) is 2.60. The first-order valence-corrected chi connectivity index (χ1v) is 7.33. The van der Waals surface area contributed by atoms with Crippen LogP contribution in [0.15, 0.2) is 30.9 Å². The van der Waals surface area contributed by atoms with Crippen LogP contribution in [0, 0.1) is 10.1 Å². The molecule has 0 aliphatic carbocycles. The van der Waals surface area contributed by atoms with Gasteiger partial charge >= 0.3 is 5.69 Å². The zero-order valence-corrected chi connectivity index (χ0v) is 13.0. The lowest BCUT2D eigenvalue weighted by atomic mass is 10.3. The van der Waals surface area contributed by atoms with Crippen molar-refractivity contribution in [3.63, 3.8) is 0 Å². The molecule has 2 heterocycles. The molecule has 2 aromatic rings. The number of unbranched alkanes of at least 4 members (excludes halogenated alkanes) is 1. The maximum absolute atomic E-state index is 12.0. The Morgan fingerprint density at radius 1 is 1.33 bits per heavy atom. The summed E-state index contributed by atoms with van der Waals surface area (Å²) in [5.41, 5.74) is 4.79. The minimum atomic E-state index is -0.604. The van der Waals surface area contributed by atoms with Crippen LogP contribution in [0.5, 0.6) is 0 Å². The quantitative estimate of drug-likeness (QED) is 0.378. The average molecular weight is 331 g/mol. The van der Waals surface area contributed by atoms with Crippen LogP contribution in [0.25, 0.3) is 0 Å². The highest BCUT2D eigenvalue weighted by atomic mass is 16.6. The summed E-state index contributed by atoms with van der Waals surface area (Å²) >= 11 is 0.